The maximum atomic E-state index is 6.38. The van der Waals surface area contributed by atoms with Gasteiger partial charge in [0, 0.05) is 16.9 Å². The molecule has 82 valence electrons. The Morgan fingerprint density at radius 2 is 1.81 bits per heavy atom. The van der Waals surface area contributed by atoms with E-state index in [2.05, 4.69) is 20.9 Å². The van der Waals surface area contributed by atoms with Crippen LogP contribution in [0.15, 0.2) is 53.3 Å². The molecule has 2 aromatic rings. The van der Waals surface area contributed by atoms with Crippen LogP contribution in [0.25, 0.3) is 0 Å². The van der Waals surface area contributed by atoms with Gasteiger partial charge in [-0.05, 0) is 42.3 Å². The van der Waals surface area contributed by atoms with Crippen molar-refractivity contribution in [2.75, 3.05) is 0 Å². The van der Waals surface area contributed by atoms with Crippen LogP contribution in [-0.4, -0.2) is 4.98 Å². The molecule has 0 aliphatic heterocycles. The van der Waals surface area contributed by atoms with E-state index in [9.17, 15) is 0 Å². The van der Waals surface area contributed by atoms with Crippen LogP contribution < -0.4 is 5.73 Å². The predicted octanol–water partition coefficient (Wildman–Crippen LogP) is 3.07. The van der Waals surface area contributed by atoms with E-state index in [1.165, 1.54) is 0 Å². The number of benzene rings is 1. The summed E-state index contributed by atoms with van der Waals surface area (Å²) < 4.78 is 1.04. The van der Waals surface area contributed by atoms with Gasteiger partial charge in [-0.25, -0.2) is 0 Å². The molecule has 0 saturated heterocycles. The highest BCUT2D eigenvalue weighted by Crippen LogP contribution is 2.27. The van der Waals surface area contributed by atoms with Gasteiger partial charge in [-0.1, -0.05) is 28.1 Å². The Kier molecular flexibility index (Phi) is 3.08. The Labute approximate surface area is 104 Å². The standard InChI is InChI=1S/C13H13BrN2/c1-13(15,10-5-7-16-8-6-10)11-3-2-4-12(14)9-11/h2-9H,15H2,1H3. The molecule has 1 atom stereocenters. The molecule has 0 radical (unpaired) electrons. The lowest BCUT2D eigenvalue weighted by molar-refractivity contribution is 0.602. The molecule has 0 amide bonds. The molecule has 0 spiro atoms. The number of rotatable bonds is 2. The van der Waals surface area contributed by atoms with Gasteiger partial charge in [-0.15, -0.1) is 0 Å². The summed E-state index contributed by atoms with van der Waals surface area (Å²) in [7, 11) is 0. The van der Waals surface area contributed by atoms with E-state index >= 15 is 0 Å². The van der Waals surface area contributed by atoms with E-state index in [0.29, 0.717) is 0 Å². The summed E-state index contributed by atoms with van der Waals surface area (Å²) in [5.74, 6) is 0. The van der Waals surface area contributed by atoms with Crippen molar-refractivity contribution in [3.8, 4) is 0 Å². The molecule has 0 fully saturated rings. The Bertz CT molecular complexity index is 480. The fraction of sp³-hybridized carbons (Fsp3) is 0.154. The van der Waals surface area contributed by atoms with Crippen molar-refractivity contribution in [1.29, 1.82) is 0 Å². The smallest absolute Gasteiger partial charge is 0.0638 e. The number of hydrogen-bond acceptors (Lipinski definition) is 2. The van der Waals surface area contributed by atoms with Crippen LogP contribution in [0.3, 0.4) is 0 Å². The van der Waals surface area contributed by atoms with Gasteiger partial charge >= 0.3 is 0 Å². The predicted molar refractivity (Wildman–Crippen MR) is 69.0 cm³/mol. The summed E-state index contributed by atoms with van der Waals surface area (Å²) in [6, 6.07) is 11.9. The first-order chi connectivity index (χ1) is 7.60. The van der Waals surface area contributed by atoms with Crippen molar-refractivity contribution in [3.05, 3.63) is 64.4 Å². The first-order valence-corrected chi connectivity index (χ1v) is 5.85. The third-order valence-corrected chi connectivity index (χ3v) is 3.20. The lowest BCUT2D eigenvalue weighted by Gasteiger charge is -2.25. The lowest BCUT2D eigenvalue weighted by Crippen LogP contribution is -2.34. The Morgan fingerprint density at radius 3 is 2.44 bits per heavy atom. The number of halogens is 1. The van der Waals surface area contributed by atoms with Crippen molar-refractivity contribution < 1.29 is 0 Å². The van der Waals surface area contributed by atoms with Crippen LogP contribution in [0.5, 0.6) is 0 Å². The molecule has 2 N–H and O–H groups in total. The summed E-state index contributed by atoms with van der Waals surface area (Å²) >= 11 is 3.46. The summed E-state index contributed by atoms with van der Waals surface area (Å²) in [6.45, 7) is 2.00. The minimum absolute atomic E-state index is 0.493. The largest absolute Gasteiger partial charge is 0.318 e. The molecule has 1 aromatic heterocycles. The first kappa shape index (κ1) is 11.3. The lowest BCUT2D eigenvalue weighted by atomic mass is 9.86. The zero-order valence-electron chi connectivity index (χ0n) is 9.02. The molecule has 1 aromatic carbocycles. The monoisotopic (exact) mass is 276 g/mol. The zero-order valence-corrected chi connectivity index (χ0v) is 10.6. The highest BCUT2D eigenvalue weighted by atomic mass is 79.9. The molecule has 2 rings (SSSR count). The van der Waals surface area contributed by atoms with Crippen LogP contribution in [0, 0.1) is 0 Å². The molecule has 16 heavy (non-hydrogen) atoms. The molecule has 0 bridgehead atoms. The van der Waals surface area contributed by atoms with Gasteiger partial charge in [0.15, 0.2) is 0 Å². The minimum Gasteiger partial charge on any atom is -0.318 e. The van der Waals surface area contributed by atoms with Gasteiger partial charge in [0.1, 0.15) is 0 Å². The van der Waals surface area contributed by atoms with Crippen molar-refractivity contribution in [2.24, 2.45) is 5.73 Å². The van der Waals surface area contributed by atoms with Crippen molar-refractivity contribution in [1.82, 2.24) is 4.98 Å². The maximum Gasteiger partial charge on any atom is 0.0638 e. The van der Waals surface area contributed by atoms with Crippen LogP contribution in [0.1, 0.15) is 18.1 Å². The number of pyridine rings is 1. The molecular weight excluding hydrogens is 264 g/mol. The second kappa shape index (κ2) is 4.36. The molecule has 0 aliphatic rings. The summed E-state index contributed by atoms with van der Waals surface area (Å²) in [4.78, 5) is 4.01. The van der Waals surface area contributed by atoms with Gasteiger partial charge in [0.2, 0.25) is 0 Å². The third-order valence-electron chi connectivity index (χ3n) is 2.70. The van der Waals surface area contributed by atoms with Crippen LogP contribution >= 0.6 is 15.9 Å². The zero-order chi connectivity index (χ0) is 11.6. The van der Waals surface area contributed by atoms with E-state index in [-0.39, 0.29) is 0 Å². The highest BCUT2D eigenvalue weighted by Gasteiger charge is 2.23. The Morgan fingerprint density at radius 1 is 1.12 bits per heavy atom. The number of nitrogens with zero attached hydrogens (tertiary/aromatic N) is 1. The highest BCUT2D eigenvalue weighted by molar-refractivity contribution is 9.10. The van der Waals surface area contributed by atoms with Crippen LogP contribution in [0.4, 0.5) is 0 Å². The van der Waals surface area contributed by atoms with Gasteiger partial charge < -0.3 is 5.73 Å². The molecule has 1 heterocycles. The van der Waals surface area contributed by atoms with E-state index in [1.807, 2.05) is 43.3 Å². The van der Waals surface area contributed by atoms with Gasteiger partial charge in [-0.2, -0.15) is 0 Å². The van der Waals surface area contributed by atoms with Crippen molar-refractivity contribution >= 4 is 15.9 Å². The van der Waals surface area contributed by atoms with Gasteiger partial charge in [-0.3, -0.25) is 4.98 Å². The Hall–Kier alpha value is -1.19. The summed E-state index contributed by atoms with van der Waals surface area (Å²) in [6.07, 6.45) is 3.52. The second-order valence-electron chi connectivity index (χ2n) is 3.95. The average molecular weight is 277 g/mol. The van der Waals surface area contributed by atoms with Crippen LogP contribution in [-0.2, 0) is 5.54 Å². The molecule has 3 heteroatoms. The normalized spacial score (nSPS) is 14.4. The van der Waals surface area contributed by atoms with E-state index < -0.39 is 5.54 Å². The summed E-state index contributed by atoms with van der Waals surface area (Å²) in [5, 5.41) is 0. The van der Waals surface area contributed by atoms with Crippen molar-refractivity contribution in [2.45, 2.75) is 12.5 Å². The molecule has 1 unspecified atom stereocenters. The maximum absolute atomic E-state index is 6.38. The van der Waals surface area contributed by atoms with E-state index in [4.69, 9.17) is 5.73 Å². The number of nitrogens with two attached hydrogens (primary N) is 1. The van der Waals surface area contributed by atoms with Gasteiger partial charge in [0.25, 0.3) is 0 Å². The van der Waals surface area contributed by atoms with E-state index in [1.54, 1.807) is 12.4 Å². The van der Waals surface area contributed by atoms with Gasteiger partial charge in [0.05, 0.1) is 5.54 Å². The minimum atomic E-state index is -0.493. The van der Waals surface area contributed by atoms with E-state index in [0.717, 1.165) is 15.6 Å². The fourth-order valence-corrected chi connectivity index (χ4v) is 2.08. The number of aromatic nitrogens is 1. The average Bonchev–Trinajstić information content (AvgIpc) is 2.30. The SMILES string of the molecule is CC(N)(c1ccncc1)c1cccc(Br)c1. The number of hydrogen-bond donors (Lipinski definition) is 1. The third kappa shape index (κ3) is 2.15. The Balaban J connectivity index is 2.47. The quantitative estimate of drug-likeness (QED) is 0.916. The fourth-order valence-electron chi connectivity index (χ4n) is 1.68. The first-order valence-electron chi connectivity index (χ1n) is 5.06. The van der Waals surface area contributed by atoms with Crippen molar-refractivity contribution in [3.63, 3.8) is 0 Å². The molecule has 0 saturated carbocycles. The second-order valence-corrected chi connectivity index (χ2v) is 4.86. The summed E-state index contributed by atoms with van der Waals surface area (Å²) in [5.41, 5.74) is 8.02. The molecule has 2 nitrogen and oxygen atoms in total. The van der Waals surface area contributed by atoms with Crippen LogP contribution in [0.2, 0.25) is 0 Å². The molecular formula is C13H13BrN2. The molecule has 0 aliphatic carbocycles. The topological polar surface area (TPSA) is 38.9 Å².